The van der Waals surface area contributed by atoms with Crippen LogP contribution in [0, 0.1) is 5.82 Å². The molecule has 0 spiro atoms. The van der Waals surface area contributed by atoms with E-state index in [2.05, 4.69) is 21.0 Å². The number of aromatic nitrogens is 2. The first-order valence-electron chi connectivity index (χ1n) is 4.16. The smallest absolute Gasteiger partial charge is 0.125 e. The van der Waals surface area contributed by atoms with Crippen LogP contribution in [0.25, 0.3) is 5.69 Å². The predicted octanol–water partition coefficient (Wildman–Crippen LogP) is 2.91. The first-order valence-corrected chi connectivity index (χ1v) is 5.28. The van der Waals surface area contributed by atoms with Crippen molar-refractivity contribution in [3.05, 3.63) is 48.0 Å². The van der Waals surface area contributed by atoms with Crippen molar-refractivity contribution in [1.82, 2.24) is 9.78 Å². The first kappa shape index (κ1) is 9.40. The molecule has 0 bridgehead atoms. The van der Waals surface area contributed by atoms with E-state index in [9.17, 15) is 4.39 Å². The standard InChI is InChI=1S/C10H8BrFN2/c11-7-10-4-5-13-14(10)9-3-1-2-8(12)6-9/h1-6H,7H2. The third kappa shape index (κ3) is 1.70. The molecule has 0 saturated carbocycles. The van der Waals surface area contributed by atoms with Crippen LogP contribution in [0.5, 0.6) is 0 Å². The van der Waals surface area contributed by atoms with Gasteiger partial charge in [0.1, 0.15) is 5.82 Å². The molecule has 0 radical (unpaired) electrons. The highest BCUT2D eigenvalue weighted by molar-refractivity contribution is 9.08. The second kappa shape index (κ2) is 3.92. The molecule has 0 fully saturated rings. The maximum Gasteiger partial charge on any atom is 0.125 e. The summed E-state index contributed by atoms with van der Waals surface area (Å²) in [6.07, 6.45) is 1.70. The first-order chi connectivity index (χ1) is 6.81. The third-order valence-corrected chi connectivity index (χ3v) is 2.49. The van der Waals surface area contributed by atoms with Crippen LogP contribution in [0.2, 0.25) is 0 Å². The van der Waals surface area contributed by atoms with E-state index in [1.54, 1.807) is 16.9 Å². The van der Waals surface area contributed by atoms with Crippen molar-refractivity contribution < 1.29 is 4.39 Å². The van der Waals surface area contributed by atoms with Crippen LogP contribution < -0.4 is 0 Å². The van der Waals surface area contributed by atoms with Crippen LogP contribution >= 0.6 is 15.9 Å². The molecule has 0 N–H and O–H groups in total. The second-order valence-corrected chi connectivity index (χ2v) is 3.41. The SMILES string of the molecule is Fc1cccc(-n2nccc2CBr)c1. The fraction of sp³-hybridized carbons (Fsp3) is 0.100. The molecule has 72 valence electrons. The lowest BCUT2D eigenvalue weighted by molar-refractivity contribution is 0.625. The van der Waals surface area contributed by atoms with Crippen molar-refractivity contribution in [1.29, 1.82) is 0 Å². The molecule has 4 heteroatoms. The Morgan fingerprint density at radius 1 is 1.36 bits per heavy atom. The maximum absolute atomic E-state index is 12.9. The van der Waals surface area contributed by atoms with E-state index in [1.807, 2.05) is 12.1 Å². The van der Waals surface area contributed by atoms with Crippen molar-refractivity contribution >= 4 is 15.9 Å². The zero-order valence-electron chi connectivity index (χ0n) is 7.32. The minimum absolute atomic E-state index is 0.251. The van der Waals surface area contributed by atoms with Gasteiger partial charge in [-0.15, -0.1) is 0 Å². The quantitative estimate of drug-likeness (QED) is 0.754. The molecule has 1 aromatic carbocycles. The van der Waals surface area contributed by atoms with Crippen LogP contribution in [0.3, 0.4) is 0 Å². The number of nitrogens with zero attached hydrogens (tertiary/aromatic N) is 2. The van der Waals surface area contributed by atoms with E-state index in [0.29, 0.717) is 5.33 Å². The second-order valence-electron chi connectivity index (χ2n) is 2.85. The summed E-state index contributed by atoms with van der Waals surface area (Å²) >= 11 is 3.35. The van der Waals surface area contributed by atoms with Crippen LogP contribution in [-0.4, -0.2) is 9.78 Å². The molecule has 14 heavy (non-hydrogen) atoms. The number of rotatable bonds is 2. The van der Waals surface area contributed by atoms with Crippen LogP contribution in [-0.2, 0) is 5.33 Å². The molecule has 0 atom stereocenters. The zero-order valence-corrected chi connectivity index (χ0v) is 8.91. The minimum Gasteiger partial charge on any atom is -0.237 e. The van der Waals surface area contributed by atoms with E-state index < -0.39 is 0 Å². The lowest BCUT2D eigenvalue weighted by Crippen LogP contribution is -2.00. The summed E-state index contributed by atoms with van der Waals surface area (Å²) in [6, 6.07) is 8.26. The van der Waals surface area contributed by atoms with Gasteiger partial charge >= 0.3 is 0 Å². The molecule has 0 aliphatic heterocycles. The Morgan fingerprint density at radius 2 is 2.21 bits per heavy atom. The van der Waals surface area contributed by atoms with Gasteiger partial charge in [-0.1, -0.05) is 22.0 Å². The highest BCUT2D eigenvalue weighted by Gasteiger charge is 2.03. The van der Waals surface area contributed by atoms with Gasteiger partial charge in [0.2, 0.25) is 0 Å². The number of alkyl halides is 1. The van der Waals surface area contributed by atoms with Gasteiger partial charge in [0.05, 0.1) is 11.4 Å². The molecule has 1 aromatic heterocycles. The zero-order chi connectivity index (χ0) is 9.97. The van der Waals surface area contributed by atoms with E-state index in [4.69, 9.17) is 0 Å². The summed E-state index contributed by atoms with van der Waals surface area (Å²) < 4.78 is 14.6. The predicted molar refractivity (Wildman–Crippen MR) is 56.2 cm³/mol. The van der Waals surface area contributed by atoms with Gasteiger partial charge in [0.15, 0.2) is 0 Å². The number of hydrogen-bond acceptors (Lipinski definition) is 1. The lowest BCUT2D eigenvalue weighted by atomic mass is 10.3. The molecule has 1 heterocycles. The Morgan fingerprint density at radius 3 is 2.93 bits per heavy atom. The van der Waals surface area contributed by atoms with Crippen molar-refractivity contribution in [3.63, 3.8) is 0 Å². The normalized spacial score (nSPS) is 10.4. The molecular weight excluding hydrogens is 247 g/mol. The molecule has 0 amide bonds. The van der Waals surface area contributed by atoms with Crippen molar-refractivity contribution in [2.75, 3.05) is 0 Å². The van der Waals surface area contributed by atoms with E-state index >= 15 is 0 Å². The molecule has 2 rings (SSSR count). The Labute approximate surface area is 89.5 Å². The summed E-state index contributed by atoms with van der Waals surface area (Å²) in [5.74, 6) is -0.251. The van der Waals surface area contributed by atoms with Gasteiger partial charge in [-0.2, -0.15) is 5.10 Å². The average Bonchev–Trinajstić information content (AvgIpc) is 2.65. The Balaban J connectivity index is 2.49. The number of halogens is 2. The highest BCUT2D eigenvalue weighted by atomic mass is 79.9. The summed E-state index contributed by atoms with van der Waals surface area (Å²) in [7, 11) is 0. The Hall–Kier alpha value is -1.16. The van der Waals surface area contributed by atoms with Crippen LogP contribution in [0.1, 0.15) is 5.69 Å². The van der Waals surface area contributed by atoms with Gasteiger partial charge in [-0.25, -0.2) is 9.07 Å². The van der Waals surface area contributed by atoms with E-state index in [-0.39, 0.29) is 5.82 Å². The molecule has 0 aliphatic rings. The summed E-state index contributed by atoms with van der Waals surface area (Å²) in [5.41, 5.74) is 1.74. The summed E-state index contributed by atoms with van der Waals surface area (Å²) in [4.78, 5) is 0. The largest absolute Gasteiger partial charge is 0.237 e. The fourth-order valence-corrected chi connectivity index (χ4v) is 1.70. The molecule has 2 nitrogen and oxygen atoms in total. The molecule has 0 aliphatic carbocycles. The Kier molecular flexibility index (Phi) is 2.63. The minimum atomic E-state index is -0.251. The van der Waals surface area contributed by atoms with Gasteiger partial charge in [-0.3, -0.25) is 0 Å². The van der Waals surface area contributed by atoms with Crippen LogP contribution in [0.4, 0.5) is 4.39 Å². The number of benzene rings is 1. The highest BCUT2D eigenvalue weighted by Crippen LogP contribution is 2.13. The topological polar surface area (TPSA) is 17.8 Å². The molecule has 0 saturated heterocycles. The molecule has 0 unspecified atom stereocenters. The molecule has 2 aromatic rings. The monoisotopic (exact) mass is 254 g/mol. The lowest BCUT2D eigenvalue weighted by Gasteiger charge is -2.04. The Bertz CT molecular complexity index is 439. The third-order valence-electron chi connectivity index (χ3n) is 1.91. The van der Waals surface area contributed by atoms with Gasteiger partial charge in [0.25, 0.3) is 0 Å². The van der Waals surface area contributed by atoms with Crippen molar-refractivity contribution in [3.8, 4) is 5.69 Å². The summed E-state index contributed by atoms with van der Waals surface area (Å²) in [5, 5.41) is 4.82. The maximum atomic E-state index is 12.9. The van der Waals surface area contributed by atoms with E-state index in [1.165, 1.54) is 12.1 Å². The van der Waals surface area contributed by atoms with Crippen molar-refractivity contribution in [2.45, 2.75) is 5.33 Å². The molecular formula is C10H8BrFN2. The number of hydrogen-bond donors (Lipinski definition) is 0. The van der Waals surface area contributed by atoms with E-state index in [0.717, 1.165) is 11.4 Å². The van der Waals surface area contributed by atoms with Gasteiger partial charge in [0, 0.05) is 11.5 Å². The fourth-order valence-electron chi connectivity index (χ4n) is 1.27. The van der Waals surface area contributed by atoms with Gasteiger partial charge in [-0.05, 0) is 24.3 Å². The summed E-state index contributed by atoms with van der Waals surface area (Å²) in [6.45, 7) is 0. The van der Waals surface area contributed by atoms with Gasteiger partial charge < -0.3 is 0 Å². The average molecular weight is 255 g/mol. The van der Waals surface area contributed by atoms with Crippen LogP contribution in [0.15, 0.2) is 36.5 Å². The van der Waals surface area contributed by atoms with Crippen molar-refractivity contribution in [2.24, 2.45) is 0 Å².